The summed E-state index contributed by atoms with van der Waals surface area (Å²) < 4.78 is 0. The topological polar surface area (TPSA) is 110 Å². The first kappa shape index (κ1) is 20.3. The van der Waals surface area contributed by atoms with Gasteiger partial charge in [0.05, 0.1) is 6.61 Å². The lowest BCUT2D eigenvalue weighted by molar-refractivity contribution is -0.142. The van der Waals surface area contributed by atoms with Crippen molar-refractivity contribution < 1.29 is 25.2 Å². The fraction of sp³-hybridized carbons (Fsp3) is 0.933. The Morgan fingerprint density at radius 1 is 0.952 bits per heavy atom. The molecule has 0 aromatic rings. The molecule has 0 radical (unpaired) electrons. The van der Waals surface area contributed by atoms with Crippen LogP contribution in [0.4, 0.5) is 0 Å². The summed E-state index contributed by atoms with van der Waals surface area (Å²) in [7, 11) is 0. The average Bonchev–Trinajstić information content (AvgIpc) is 2.50. The maximum absolute atomic E-state index is 11.5. The van der Waals surface area contributed by atoms with Gasteiger partial charge in [0.25, 0.3) is 5.91 Å². The monoisotopic (exact) mass is 305 g/mol. The van der Waals surface area contributed by atoms with Gasteiger partial charge < -0.3 is 25.7 Å². The zero-order valence-electron chi connectivity index (χ0n) is 13.0. The van der Waals surface area contributed by atoms with Crippen molar-refractivity contribution in [3.05, 3.63) is 0 Å². The van der Waals surface area contributed by atoms with Crippen LogP contribution in [-0.2, 0) is 4.79 Å². The smallest absolute Gasteiger partial charge is 0.251 e. The maximum Gasteiger partial charge on any atom is 0.251 e. The lowest BCUT2D eigenvalue weighted by atomic mass is 10.1. The maximum atomic E-state index is 11.5. The van der Waals surface area contributed by atoms with E-state index in [2.05, 4.69) is 12.2 Å². The number of amides is 1. The first-order chi connectivity index (χ1) is 10.0. The van der Waals surface area contributed by atoms with E-state index >= 15 is 0 Å². The Kier molecular flexibility index (Phi) is 12.6. The third-order valence-corrected chi connectivity index (χ3v) is 3.50. The number of nitrogens with one attached hydrogen (secondary N) is 1. The highest BCUT2D eigenvalue weighted by Gasteiger charge is 2.29. The fourth-order valence-electron chi connectivity index (χ4n) is 2.05. The van der Waals surface area contributed by atoms with Crippen LogP contribution in [-0.4, -0.2) is 57.8 Å². The predicted octanol–water partition coefficient (Wildman–Crippen LogP) is 0.318. The molecule has 0 rings (SSSR count). The van der Waals surface area contributed by atoms with Gasteiger partial charge in [-0.05, 0) is 6.42 Å². The van der Waals surface area contributed by atoms with E-state index in [0.717, 1.165) is 19.3 Å². The Balaban J connectivity index is 3.57. The van der Waals surface area contributed by atoms with Crippen molar-refractivity contribution >= 4 is 5.91 Å². The Morgan fingerprint density at radius 3 is 2.00 bits per heavy atom. The average molecular weight is 305 g/mol. The number of unbranched alkanes of at least 4 members (excludes halogenated alkanes) is 7. The van der Waals surface area contributed by atoms with Crippen molar-refractivity contribution in [3.8, 4) is 0 Å². The molecule has 0 aliphatic carbocycles. The number of carbonyl (C=O) groups is 1. The molecule has 0 saturated carbocycles. The molecule has 0 aliphatic rings. The number of carbonyl (C=O) groups excluding carboxylic acids is 1. The van der Waals surface area contributed by atoms with Gasteiger partial charge in [-0.2, -0.15) is 0 Å². The van der Waals surface area contributed by atoms with Gasteiger partial charge in [0.15, 0.2) is 6.10 Å². The summed E-state index contributed by atoms with van der Waals surface area (Å²) in [6.45, 7) is 1.92. The Morgan fingerprint density at radius 2 is 1.48 bits per heavy atom. The molecular formula is C15H31NO5. The van der Waals surface area contributed by atoms with Crippen LogP contribution in [0.3, 0.4) is 0 Å². The summed E-state index contributed by atoms with van der Waals surface area (Å²) >= 11 is 0. The zero-order chi connectivity index (χ0) is 16.1. The summed E-state index contributed by atoms with van der Waals surface area (Å²) in [5, 5.41) is 39.1. The van der Waals surface area contributed by atoms with Crippen LogP contribution < -0.4 is 5.32 Å². The molecule has 3 atom stereocenters. The third-order valence-electron chi connectivity index (χ3n) is 3.50. The summed E-state index contributed by atoms with van der Waals surface area (Å²) in [5.74, 6) is -0.724. The lowest BCUT2D eigenvalue weighted by Gasteiger charge is -2.20. The van der Waals surface area contributed by atoms with Crippen molar-refractivity contribution in [1.82, 2.24) is 5.32 Å². The number of hydrogen-bond acceptors (Lipinski definition) is 5. The van der Waals surface area contributed by atoms with Gasteiger partial charge in [-0.3, -0.25) is 4.79 Å². The van der Waals surface area contributed by atoms with E-state index in [-0.39, 0.29) is 0 Å². The summed E-state index contributed by atoms with van der Waals surface area (Å²) in [6.07, 6.45) is 4.33. The summed E-state index contributed by atoms with van der Waals surface area (Å²) in [6, 6.07) is 0. The molecule has 126 valence electrons. The second kappa shape index (κ2) is 13.0. The minimum Gasteiger partial charge on any atom is -0.394 e. The second-order valence-corrected chi connectivity index (χ2v) is 5.45. The minimum absolute atomic E-state index is 0.437. The van der Waals surface area contributed by atoms with Gasteiger partial charge in [-0.15, -0.1) is 0 Å². The van der Waals surface area contributed by atoms with Gasteiger partial charge in [0.2, 0.25) is 0 Å². The number of hydrogen-bond donors (Lipinski definition) is 5. The third kappa shape index (κ3) is 9.79. The Labute approximate surface area is 127 Å². The predicted molar refractivity (Wildman–Crippen MR) is 80.7 cm³/mol. The quantitative estimate of drug-likeness (QED) is 0.315. The molecule has 0 saturated heterocycles. The number of aliphatic hydroxyl groups excluding tert-OH is 4. The van der Waals surface area contributed by atoms with Gasteiger partial charge in [0, 0.05) is 6.54 Å². The molecule has 1 amide bonds. The molecule has 0 heterocycles. The Hall–Kier alpha value is -0.690. The molecule has 0 aromatic heterocycles. The van der Waals surface area contributed by atoms with E-state index in [4.69, 9.17) is 10.2 Å². The second-order valence-electron chi connectivity index (χ2n) is 5.45. The van der Waals surface area contributed by atoms with Gasteiger partial charge in [0.1, 0.15) is 12.2 Å². The van der Waals surface area contributed by atoms with Crippen molar-refractivity contribution in [1.29, 1.82) is 0 Å². The molecule has 0 unspecified atom stereocenters. The number of aliphatic hydroxyl groups is 4. The molecular weight excluding hydrogens is 274 g/mol. The van der Waals surface area contributed by atoms with Crippen LogP contribution in [0.5, 0.6) is 0 Å². The molecule has 0 spiro atoms. The van der Waals surface area contributed by atoms with E-state index < -0.39 is 30.8 Å². The van der Waals surface area contributed by atoms with Gasteiger partial charge in [-0.25, -0.2) is 0 Å². The standard InChI is InChI=1S/C15H31NO5/c1-2-3-4-5-6-7-8-9-10-16-15(21)14(20)13(19)12(18)11-17/h12-14,17-20H,2-11H2,1H3,(H,16,21)/t12-,13+,14-/m1/s1. The molecule has 21 heavy (non-hydrogen) atoms. The summed E-state index contributed by atoms with van der Waals surface area (Å²) in [5.41, 5.74) is 0. The van der Waals surface area contributed by atoms with E-state index in [9.17, 15) is 15.0 Å². The van der Waals surface area contributed by atoms with Gasteiger partial charge in [-0.1, -0.05) is 51.9 Å². The molecule has 0 fully saturated rings. The lowest BCUT2D eigenvalue weighted by Crippen LogP contribution is -2.48. The normalized spacial score (nSPS) is 15.5. The van der Waals surface area contributed by atoms with Crippen molar-refractivity contribution in [2.75, 3.05) is 13.2 Å². The summed E-state index contributed by atoms with van der Waals surface area (Å²) in [4.78, 5) is 11.5. The minimum atomic E-state index is -1.72. The van der Waals surface area contributed by atoms with Crippen LogP contribution in [0.1, 0.15) is 58.3 Å². The molecule has 0 aromatic carbocycles. The molecule has 6 nitrogen and oxygen atoms in total. The Bertz CT molecular complexity index is 262. The van der Waals surface area contributed by atoms with Crippen molar-refractivity contribution in [3.63, 3.8) is 0 Å². The highest BCUT2D eigenvalue weighted by atomic mass is 16.4. The van der Waals surface area contributed by atoms with Crippen LogP contribution in [0, 0.1) is 0 Å². The highest BCUT2D eigenvalue weighted by molar-refractivity contribution is 5.81. The fourth-order valence-corrected chi connectivity index (χ4v) is 2.05. The van der Waals surface area contributed by atoms with Crippen molar-refractivity contribution in [2.45, 2.75) is 76.6 Å². The zero-order valence-corrected chi connectivity index (χ0v) is 13.0. The SMILES string of the molecule is CCCCCCCCCCNC(=O)[C@H](O)[C@@H](O)[C@H](O)CO. The van der Waals surface area contributed by atoms with E-state index in [0.29, 0.717) is 6.54 Å². The highest BCUT2D eigenvalue weighted by Crippen LogP contribution is 2.08. The van der Waals surface area contributed by atoms with Crippen LogP contribution in [0.2, 0.25) is 0 Å². The van der Waals surface area contributed by atoms with E-state index in [1.165, 1.54) is 32.1 Å². The van der Waals surface area contributed by atoms with Crippen LogP contribution in [0.15, 0.2) is 0 Å². The molecule has 0 aliphatic heterocycles. The molecule has 6 heteroatoms. The van der Waals surface area contributed by atoms with Crippen LogP contribution in [0.25, 0.3) is 0 Å². The largest absolute Gasteiger partial charge is 0.394 e. The van der Waals surface area contributed by atoms with E-state index in [1.807, 2.05) is 0 Å². The number of rotatable bonds is 13. The van der Waals surface area contributed by atoms with Gasteiger partial charge >= 0.3 is 0 Å². The van der Waals surface area contributed by atoms with Crippen molar-refractivity contribution in [2.24, 2.45) is 0 Å². The molecule has 0 bridgehead atoms. The van der Waals surface area contributed by atoms with E-state index in [1.54, 1.807) is 0 Å². The first-order valence-electron chi connectivity index (χ1n) is 7.97. The van der Waals surface area contributed by atoms with Crippen LogP contribution >= 0.6 is 0 Å². The molecule has 5 N–H and O–H groups in total. The first-order valence-corrected chi connectivity index (χ1v) is 7.97.